The fourth-order valence-electron chi connectivity index (χ4n) is 3.73. The van der Waals surface area contributed by atoms with E-state index in [0.717, 1.165) is 55.2 Å². The first-order chi connectivity index (χ1) is 13.7. The highest BCUT2D eigenvalue weighted by atomic mass is 16.5. The summed E-state index contributed by atoms with van der Waals surface area (Å²) in [5.41, 5.74) is 3.25. The number of nitrogens with one attached hydrogen (secondary N) is 1. The first-order valence-corrected chi connectivity index (χ1v) is 9.31. The Balaban J connectivity index is 1.47. The minimum atomic E-state index is 0.365. The summed E-state index contributed by atoms with van der Waals surface area (Å²) in [6.07, 6.45) is 3.70. The molecular formula is C20H22N6O2. The summed E-state index contributed by atoms with van der Waals surface area (Å²) in [4.78, 5) is 6.80. The third-order valence-corrected chi connectivity index (χ3v) is 5.21. The molecule has 0 bridgehead atoms. The van der Waals surface area contributed by atoms with E-state index >= 15 is 0 Å². The van der Waals surface area contributed by atoms with Crippen LogP contribution in [-0.4, -0.2) is 45.4 Å². The molecule has 0 saturated carbocycles. The Morgan fingerprint density at radius 3 is 2.82 bits per heavy atom. The lowest BCUT2D eigenvalue weighted by atomic mass is 9.95. The van der Waals surface area contributed by atoms with Gasteiger partial charge >= 0.3 is 0 Å². The SMILES string of the molecule is COc1ccc(CN2CCC(c3noc(C)n3)CC2)cc1-c1cn[nH]c1C#N. The number of likely N-dealkylation sites (tertiary alicyclic amines) is 1. The molecule has 0 spiro atoms. The van der Waals surface area contributed by atoms with Gasteiger partial charge < -0.3 is 9.26 Å². The molecule has 1 aliphatic heterocycles. The zero-order chi connectivity index (χ0) is 19.5. The van der Waals surface area contributed by atoms with Crippen LogP contribution >= 0.6 is 0 Å². The van der Waals surface area contributed by atoms with Crippen LogP contribution in [0.1, 0.15) is 41.7 Å². The molecule has 28 heavy (non-hydrogen) atoms. The number of methoxy groups -OCH3 is 1. The molecule has 2 aromatic heterocycles. The number of ether oxygens (including phenoxy) is 1. The molecule has 144 valence electrons. The van der Waals surface area contributed by atoms with Gasteiger partial charge in [-0.05, 0) is 43.6 Å². The summed E-state index contributed by atoms with van der Waals surface area (Å²) in [6, 6.07) is 8.25. The van der Waals surface area contributed by atoms with E-state index in [1.54, 1.807) is 13.3 Å². The van der Waals surface area contributed by atoms with Crippen LogP contribution in [0.4, 0.5) is 0 Å². The first-order valence-electron chi connectivity index (χ1n) is 9.31. The van der Waals surface area contributed by atoms with Crippen molar-refractivity contribution in [2.24, 2.45) is 0 Å². The van der Waals surface area contributed by atoms with Crippen LogP contribution in [-0.2, 0) is 6.54 Å². The van der Waals surface area contributed by atoms with E-state index in [9.17, 15) is 5.26 Å². The van der Waals surface area contributed by atoms with Crippen molar-refractivity contribution in [3.8, 4) is 22.9 Å². The van der Waals surface area contributed by atoms with Crippen molar-refractivity contribution in [2.45, 2.75) is 32.2 Å². The van der Waals surface area contributed by atoms with Crippen molar-refractivity contribution < 1.29 is 9.26 Å². The quantitative estimate of drug-likeness (QED) is 0.727. The second-order valence-corrected chi connectivity index (χ2v) is 7.03. The van der Waals surface area contributed by atoms with Gasteiger partial charge in [0.25, 0.3) is 0 Å². The van der Waals surface area contributed by atoms with Gasteiger partial charge in [-0.2, -0.15) is 15.3 Å². The molecule has 1 aromatic carbocycles. The molecule has 3 heterocycles. The van der Waals surface area contributed by atoms with Gasteiger partial charge in [-0.25, -0.2) is 0 Å². The highest BCUT2D eigenvalue weighted by Crippen LogP contribution is 2.33. The number of hydrogen-bond donors (Lipinski definition) is 1. The lowest BCUT2D eigenvalue weighted by Gasteiger charge is -2.30. The summed E-state index contributed by atoms with van der Waals surface area (Å²) >= 11 is 0. The van der Waals surface area contributed by atoms with Gasteiger partial charge in [0.1, 0.15) is 17.5 Å². The monoisotopic (exact) mass is 378 g/mol. The lowest BCUT2D eigenvalue weighted by molar-refractivity contribution is 0.200. The van der Waals surface area contributed by atoms with E-state index in [2.05, 4.69) is 43.4 Å². The number of hydrogen-bond acceptors (Lipinski definition) is 7. The van der Waals surface area contributed by atoms with Crippen LogP contribution in [0.25, 0.3) is 11.1 Å². The average molecular weight is 378 g/mol. The summed E-state index contributed by atoms with van der Waals surface area (Å²) in [5, 5.41) is 20.1. The van der Waals surface area contributed by atoms with E-state index in [-0.39, 0.29) is 0 Å². The van der Waals surface area contributed by atoms with Crippen molar-refractivity contribution in [1.29, 1.82) is 5.26 Å². The number of nitrogens with zero attached hydrogens (tertiary/aromatic N) is 5. The van der Waals surface area contributed by atoms with E-state index in [1.165, 1.54) is 5.56 Å². The number of aromatic amines is 1. The maximum absolute atomic E-state index is 9.30. The van der Waals surface area contributed by atoms with Crippen LogP contribution in [0, 0.1) is 18.3 Å². The number of aryl methyl sites for hydroxylation is 1. The fraction of sp³-hybridized carbons (Fsp3) is 0.400. The van der Waals surface area contributed by atoms with Crippen LogP contribution in [0.5, 0.6) is 5.75 Å². The Morgan fingerprint density at radius 1 is 1.32 bits per heavy atom. The standard InChI is InChI=1S/C20H22N6O2/c1-13-23-20(25-28-13)15-5-7-26(8-6-15)12-14-3-4-19(27-2)16(9-14)17-11-22-24-18(17)10-21/h3-4,9,11,15H,5-8,12H2,1-2H3,(H,22,24). The van der Waals surface area contributed by atoms with E-state index in [1.807, 2.05) is 13.0 Å². The minimum absolute atomic E-state index is 0.365. The van der Waals surface area contributed by atoms with Crippen LogP contribution in [0.15, 0.2) is 28.9 Å². The molecule has 0 amide bonds. The Kier molecular flexibility index (Phi) is 5.08. The summed E-state index contributed by atoms with van der Waals surface area (Å²) in [6.45, 7) is 4.63. The molecule has 1 aliphatic rings. The van der Waals surface area contributed by atoms with Gasteiger partial charge in [0, 0.05) is 30.5 Å². The molecule has 0 aliphatic carbocycles. The molecular weight excluding hydrogens is 356 g/mol. The normalized spacial score (nSPS) is 15.5. The molecule has 0 unspecified atom stereocenters. The van der Waals surface area contributed by atoms with E-state index in [0.29, 0.717) is 17.5 Å². The number of aromatic nitrogens is 4. The van der Waals surface area contributed by atoms with E-state index in [4.69, 9.17) is 9.26 Å². The van der Waals surface area contributed by atoms with Crippen molar-refractivity contribution in [3.05, 3.63) is 47.4 Å². The maximum atomic E-state index is 9.30. The summed E-state index contributed by atoms with van der Waals surface area (Å²) < 4.78 is 10.6. The van der Waals surface area contributed by atoms with Crippen molar-refractivity contribution in [1.82, 2.24) is 25.2 Å². The largest absolute Gasteiger partial charge is 0.496 e. The summed E-state index contributed by atoms with van der Waals surface area (Å²) in [5.74, 6) is 2.55. The van der Waals surface area contributed by atoms with Crippen molar-refractivity contribution >= 4 is 0 Å². The molecule has 4 rings (SSSR count). The Labute approximate surface area is 163 Å². The van der Waals surface area contributed by atoms with Crippen molar-refractivity contribution in [3.63, 3.8) is 0 Å². The number of rotatable bonds is 5. The highest BCUT2D eigenvalue weighted by molar-refractivity contribution is 5.74. The van der Waals surface area contributed by atoms with Gasteiger partial charge in [0.15, 0.2) is 5.82 Å². The van der Waals surface area contributed by atoms with Crippen LogP contribution in [0.3, 0.4) is 0 Å². The Bertz CT molecular complexity index is 994. The van der Waals surface area contributed by atoms with E-state index < -0.39 is 0 Å². The van der Waals surface area contributed by atoms with Gasteiger partial charge in [0.05, 0.1) is 13.3 Å². The van der Waals surface area contributed by atoms with Crippen LogP contribution in [0.2, 0.25) is 0 Å². The topological polar surface area (TPSA) is 104 Å². The van der Waals surface area contributed by atoms with Gasteiger partial charge in [-0.1, -0.05) is 11.2 Å². The molecule has 0 atom stereocenters. The second-order valence-electron chi connectivity index (χ2n) is 7.03. The molecule has 8 heteroatoms. The zero-order valence-electron chi connectivity index (χ0n) is 16.0. The van der Waals surface area contributed by atoms with Crippen LogP contribution < -0.4 is 4.74 Å². The molecule has 1 saturated heterocycles. The maximum Gasteiger partial charge on any atom is 0.223 e. The zero-order valence-corrected chi connectivity index (χ0v) is 16.0. The number of piperidine rings is 1. The Hall–Kier alpha value is -3.18. The van der Waals surface area contributed by atoms with Gasteiger partial charge in [-0.3, -0.25) is 10.00 Å². The number of H-pyrrole nitrogens is 1. The third-order valence-electron chi connectivity index (χ3n) is 5.21. The molecule has 3 aromatic rings. The molecule has 1 N–H and O–H groups in total. The molecule has 8 nitrogen and oxygen atoms in total. The second kappa shape index (κ2) is 7.82. The first kappa shape index (κ1) is 18.2. The molecule has 1 fully saturated rings. The van der Waals surface area contributed by atoms with Gasteiger partial charge in [-0.15, -0.1) is 0 Å². The minimum Gasteiger partial charge on any atom is -0.496 e. The fourth-order valence-corrected chi connectivity index (χ4v) is 3.73. The lowest BCUT2D eigenvalue weighted by Crippen LogP contribution is -2.32. The predicted molar refractivity (Wildman–Crippen MR) is 102 cm³/mol. The molecule has 0 radical (unpaired) electrons. The number of nitriles is 1. The highest BCUT2D eigenvalue weighted by Gasteiger charge is 2.24. The smallest absolute Gasteiger partial charge is 0.223 e. The average Bonchev–Trinajstić information content (AvgIpc) is 3.37. The predicted octanol–water partition coefficient (Wildman–Crippen LogP) is 3.03. The summed E-state index contributed by atoms with van der Waals surface area (Å²) in [7, 11) is 1.63. The van der Waals surface area contributed by atoms with Gasteiger partial charge in [0.2, 0.25) is 5.89 Å². The Morgan fingerprint density at radius 2 is 2.14 bits per heavy atom. The van der Waals surface area contributed by atoms with Crippen molar-refractivity contribution in [2.75, 3.05) is 20.2 Å². The number of benzene rings is 1. The third kappa shape index (κ3) is 3.62.